The van der Waals surface area contributed by atoms with Gasteiger partial charge in [0.15, 0.2) is 0 Å². The first kappa shape index (κ1) is 17.4. The summed E-state index contributed by atoms with van der Waals surface area (Å²) >= 11 is 1.64. The molecule has 1 N–H and O–H groups in total. The lowest BCUT2D eigenvalue weighted by atomic mass is 10.1. The van der Waals surface area contributed by atoms with Gasteiger partial charge in [-0.25, -0.2) is 0 Å². The number of carbonyl (C=O) groups is 1. The highest BCUT2D eigenvalue weighted by atomic mass is 32.2. The van der Waals surface area contributed by atoms with Crippen LogP contribution in [0.5, 0.6) is 5.75 Å². The molecular weight excluding hydrogens is 306 g/mol. The summed E-state index contributed by atoms with van der Waals surface area (Å²) in [5.41, 5.74) is 4.88. The second kappa shape index (κ2) is 8.63. The lowest BCUT2D eigenvalue weighted by Gasteiger charge is -2.08. The summed E-state index contributed by atoms with van der Waals surface area (Å²) in [4.78, 5) is 11.9. The third kappa shape index (κ3) is 5.64. The van der Waals surface area contributed by atoms with E-state index in [0.717, 1.165) is 17.1 Å². The molecule has 2 aromatic carbocycles. The first-order valence-corrected chi connectivity index (χ1v) is 8.77. The van der Waals surface area contributed by atoms with Crippen molar-refractivity contribution >= 4 is 17.7 Å². The van der Waals surface area contributed by atoms with Crippen LogP contribution in [-0.2, 0) is 17.1 Å². The highest BCUT2D eigenvalue weighted by Crippen LogP contribution is 2.17. The van der Waals surface area contributed by atoms with Crippen LogP contribution in [0.25, 0.3) is 0 Å². The van der Waals surface area contributed by atoms with Crippen LogP contribution in [-0.4, -0.2) is 18.8 Å². The van der Waals surface area contributed by atoms with Gasteiger partial charge >= 0.3 is 0 Å². The number of amides is 1. The Kier molecular flexibility index (Phi) is 6.53. The fourth-order valence-corrected chi connectivity index (χ4v) is 3.16. The van der Waals surface area contributed by atoms with E-state index in [1.165, 1.54) is 16.7 Å². The zero-order valence-electron chi connectivity index (χ0n) is 13.9. The molecule has 1 amide bonds. The number of rotatable bonds is 7. The molecule has 0 spiro atoms. The van der Waals surface area contributed by atoms with Crippen molar-refractivity contribution in [2.45, 2.75) is 26.1 Å². The fourth-order valence-electron chi connectivity index (χ4n) is 2.24. The van der Waals surface area contributed by atoms with Crippen LogP contribution in [0.1, 0.15) is 22.3 Å². The van der Waals surface area contributed by atoms with Crippen LogP contribution in [0.15, 0.2) is 42.5 Å². The number of ether oxygens (including phenoxy) is 1. The van der Waals surface area contributed by atoms with Gasteiger partial charge in [0.1, 0.15) is 5.75 Å². The van der Waals surface area contributed by atoms with E-state index in [4.69, 9.17) is 4.74 Å². The molecule has 0 unspecified atom stereocenters. The molecule has 0 saturated carbocycles. The number of hydrogen-bond acceptors (Lipinski definition) is 3. The smallest absolute Gasteiger partial charge is 0.230 e. The summed E-state index contributed by atoms with van der Waals surface area (Å²) in [5.74, 6) is 2.20. The second-order valence-electron chi connectivity index (χ2n) is 5.55. The molecule has 2 rings (SSSR count). The van der Waals surface area contributed by atoms with Gasteiger partial charge in [-0.15, -0.1) is 11.8 Å². The fraction of sp³-hybridized carbons (Fsp3) is 0.316. The minimum atomic E-state index is 0.0585. The summed E-state index contributed by atoms with van der Waals surface area (Å²) in [6.45, 7) is 4.73. The molecule has 23 heavy (non-hydrogen) atoms. The van der Waals surface area contributed by atoms with Gasteiger partial charge in [-0.2, -0.15) is 0 Å². The van der Waals surface area contributed by atoms with Crippen molar-refractivity contribution in [3.05, 3.63) is 64.7 Å². The summed E-state index contributed by atoms with van der Waals surface area (Å²) in [5, 5.41) is 2.95. The van der Waals surface area contributed by atoms with E-state index < -0.39 is 0 Å². The van der Waals surface area contributed by atoms with Crippen molar-refractivity contribution in [3.63, 3.8) is 0 Å². The number of hydrogen-bond donors (Lipinski definition) is 1. The minimum Gasteiger partial charge on any atom is -0.497 e. The average molecular weight is 329 g/mol. The molecule has 4 heteroatoms. The zero-order chi connectivity index (χ0) is 16.7. The van der Waals surface area contributed by atoms with Gasteiger partial charge in [0.2, 0.25) is 5.91 Å². The maximum absolute atomic E-state index is 11.9. The highest BCUT2D eigenvalue weighted by Gasteiger charge is 2.04. The van der Waals surface area contributed by atoms with Crippen LogP contribution in [0.3, 0.4) is 0 Å². The Balaban J connectivity index is 1.75. The van der Waals surface area contributed by atoms with Gasteiger partial charge in [0.25, 0.3) is 0 Å². The number of benzene rings is 2. The number of carbonyl (C=O) groups excluding carboxylic acids is 1. The van der Waals surface area contributed by atoms with Crippen molar-refractivity contribution < 1.29 is 9.53 Å². The average Bonchev–Trinajstić information content (AvgIpc) is 2.56. The molecule has 0 aromatic heterocycles. The molecule has 0 fully saturated rings. The molecular formula is C19H23NO2S. The van der Waals surface area contributed by atoms with Crippen LogP contribution in [0.2, 0.25) is 0 Å². The number of nitrogens with one attached hydrogen (secondary N) is 1. The summed E-state index contributed by atoms with van der Waals surface area (Å²) < 4.78 is 5.18. The van der Waals surface area contributed by atoms with Crippen LogP contribution >= 0.6 is 11.8 Å². The van der Waals surface area contributed by atoms with Crippen molar-refractivity contribution in [1.29, 1.82) is 0 Å². The van der Waals surface area contributed by atoms with Crippen LogP contribution < -0.4 is 10.1 Å². The summed E-state index contributed by atoms with van der Waals surface area (Å²) in [6.07, 6.45) is 0. The molecule has 2 aromatic rings. The maximum atomic E-state index is 11.9. The topological polar surface area (TPSA) is 38.3 Å². The molecule has 0 bridgehead atoms. The molecule has 0 radical (unpaired) electrons. The maximum Gasteiger partial charge on any atom is 0.230 e. The van der Waals surface area contributed by atoms with E-state index in [2.05, 4.69) is 37.4 Å². The quantitative estimate of drug-likeness (QED) is 0.838. The summed E-state index contributed by atoms with van der Waals surface area (Å²) in [6, 6.07) is 14.2. The van der Waals surface area contributed by atoms with Crippen LogP contribution in [0, 0.1) is 13.8 Å². The highest BCUT2D eigenvalue weighted by molar-refractivity contribution is 7.99. The third-order valence-electron chi connectivity index (χ3n) is 3.62. The molecule has 0 saturated heterocycles. The van der Waals surface area contributed by atoms with Gasteiger partial charge in [0.05, 0.1) is 12.9 Å². The van der Waals surface area contributed by atoms with E-state index in [1.807, 2.05) is 24.3 Å². The molecule has 0 aliphatic rings. The van der Waals surface area contributed by atoms with Crippen molar-refractivity contribution in [1.82, 2.24) is 5.32 Å². The molecule has 0 heterocycles. The molecule has 0 aliphatic heterocycles. The predicted octanol–water partition coefficient (Wildman–Crippen LogP) is 3.86. The number of methoxy groups -OCH3 is 1. The Bertz CT molecular complexity index is 670. The first-order valence-electron chi connectivity index (χ1n) is 7.62. The Morgan fingerprint density at radius 1 is 1.17 bits per heavy atom. The number of aryl methyl sites for hydroxylation is 2. The standard InChI is InChI=1S/C19H23NO2S/c1-14-7-8-15(2)17(9-14)12-23-13-19(21)20-11-16-5-4-6-18(10-16)22-3/h4-10H,11-13H2,1-3H3,(H,20,21). The lowest BCUT2D eigenvalue weighted by Crippen LogP contribution is -2.24. The van der Waals surface area contributed by atoms with E-state index in [-0.39, 0.29) is 5.91 Å². The van der Waals surface area contributed by atoms with Gasteiger partial charge in [-0.05, 0) is 42.7 Å². The van der Waals surface area contributed by atoms with Gasteiger partial charge in [0, 0.05) is 12.3 Å². The first-order chi connectivity index (χ1) is 11.1. The predicted molar refractivity (Wildman–Crippen MR) is 96.9 cm³/mol. The van der Waals surface area contributed by atoms with E-state index in [0.29, 0.717) is 12.3 Å². The Morgan fingerprint density at radius 3 is 2.78 bits per heavy atom. The van der Waals surface area contributed by atoms with Crippen LogP contribution in [0.4, 0.5) is 0 Å². The molecule has 3 nitrogen and oxygen atoms in total. The van der Waals surface area contributed by atoms with Crippen molar-refractivity contribution in [2.24, 2.45) is 0 Å². The normalized spacial score (nSPS) is 10.4. The van der Waals surface area contributed by atoms with E-state index in [1.54, 1.807) is 18.9 Å². The van der Waals surface area contributed by atoms with Crippen molar-refractivity contribution in [2.75, 3.05) is 12.9 Å². The molecule has 0 atom stereocenters. The Morgan fingerprint density at radius 2 is 2.00 bits per heavy atom. The van der Waals surface area contributed by atoms with Gasteiger partial charge < -0.3 is 10.1 Å². The molecule has 122 valence electrons. The van der Waals surface area contributed by atoms with E-state index >= 15 is 0 Å². The van der Waals surface area contributed by atoms with E-state index in [9.17, 15) is 4.79 Å². The molecule has 0 aliphatic carbocycles. The third-order valence-corrected chi connectivity index (χ3v) is 4.60. The number of thioether (sulfide) groups is 1. The minimum absolute atomic E-state index is 0.0585. The zero-order valence-corrected chi connectivity index (χ0v) is 14.7. The Hall–Kier alpha value is -1.94. The van der Waals surface area contributed by atoms with Gasteiger partial charge in [-0.3, -0.25) is 4.79 Å². The monoisotopic (exact) mass is 329 g/mol. The van der Waals surface area contributed by atoms with Gasteiger partial charge in [-0.1, -0.05) is 35.9 Å². The SMILES string of the molecule is COc1cccc(CNC(=O)CSCc2cc(C)ccc2C)c1. The van der Waals surface area contributed by atoms with Crippen molar-refractivity contribution in [3.8, 4) is 5.75 Å². The largest absolute Gasteiger partial charge is 0.497 e. The Labute approximate surface area is 142 Å². The lowest BCUT2D eigenvalue weighted by molar-refractivity contribution is -0.118. The summed E-state index contributed by atoms with van der Waals surface area (Å²) in [7, 11) is 1.64. The second-order valence-corrected chi connectivity index (χ2v) is 6.54.